The zero-order valence-corrected chi connectivity index (χ0v) is 10.7. The quantitative estimate of drug-likeness (QED) is 0.869. The second-order valence-corrected chi connectivity index (χ2v) is 5.14. The van der Waals surface area contributed by atoms with Crippen molar-refractivity contribution in [1.29, 1.82) is 0 Å². The van der Waals surface area contributed by atoms with Gasteiger partial charge in [0, 0.05) is 13.1 Å². The first-order valence-electron chi connectivity index (χ1n) is 6.72. The maximum absolute atomic E-state index is 11.0. The van der Waals surface area contributed by atoms with Crippen molar-refractivity contribution in [2.45, 2.75) is 25.7 Å². The number of carboxylic acid groups (broad SMARTS) is 1. The van der Waals surface area contributed by atoms with Crippen molar-refractivity contribution in [3.63, 3.8) is 0 Å². The van der Waals surface area contributed by atoms with Crippen LogP contribution >= 0.6 is 0 Å². The van der Waals surface area contributed by atoms with Gasteiger partial charge >= 0.3 is 5.97 Å². The summed E-state index contributed by atoms with van der Waals surface area (Å²) in [5, 5.41) is 8.98. The summed E-state index contributed by atoms with van der Waals surface area (Å²) in [5.74, 6) is 0.579. The van der Waals surface area contributed by atoms with E-state index in [1.54, 1.807) is 0 Å². The van der Waals surface area contributed by atoms with Crippen molar-refractivity contribution in [2.24, 2.45) is 5.92 Å². The van der Waals surface area contributed by atoms with Crippen LogP contribution in [0.25, 0.3) is 0 Å². The van der Waals surface area contributed by atoms with Crippen LogP contribution in [0, 0.1) is 5.92 Å². The maximum Gasteiger partial charge on any atom is 0.356 e. The lowest BCUT2D eigenvalue weighted by Crippen LogP contribution is -2.21. The number of ether oxygens (including phenoxy) is 1. The third-order valence-electron chi connectivity index (χ3n) is 3.50. The first-order chi connectivity index (χ1) is 9.24. The summed E-state index contributed by atoms with van der Waals surface area (Å²) in [4.78, 5) is 21.4. The van der Waals surface area contributed by atoms with E-state index >= 15 is 0 Å². The highest BCUT2D eigenvalue weighted by molar-refractivity contribution is 5.85. The lowest BCUT2D eigenvalue weighted by Gasteiger charge is -2.19. The molecule has 6 nitrogen and oxygen atoms in total. The molecular weight excluding hydrogens is 246 g/mol. The van der Waals surface area contributed by atoms with E-state index in [0.29, 0.717) is 24.2 Å². The van der Waals surface area contributed by atoms with Crippen molar-refractivity contribution >= 4 is 11.8 Å². The van der Waals surface area contributed by atoms with Gasteiger partial charge in [0.05, 0.1) is 12.8 Å². The van der Waals surface area contributed by atoms with Crippen LogP contribution in [0.2, 0.25) is 0 Å². The Balaban J connectivity index is 1.84. The minimum atomic E-state index is -1.07. The summed E-state index contributed by atoms with van der Waals surface area (Å²) >= 11 is 0. The Labute approximate surface area is 111 Å². The number of nitrogens with zero attached hydrogens (tertiary/aromatic N) is 3. The van der Waals surface area contributed by atoms with Crippen LogP contribution in [-0.2, 0) is 0 Å². The first-order valence-corrected chi connectivity index (χ1v) is 6.72. The molecular formula is C13H17N3O3. The predicted octanol–water partition coefficient (Wildman–Crippen LogP) is 1.56. The fourth-order valence-electron chi connectivity index (χ4n) is 2.19. The molecule has 0 aromatic carbocycles. The molecule has 0 amide bonds. The second kappa shape index (κ2) is 5.03. The Morgan fingerprint density at radius 2 is 2.16 bits per heavy atom. The molecule has 0 bridgehead atoms. The SMILES string of the molecule is O=C(O)c1cnc(N2CCCC2)c(OCC2CC2)n1. The largest absolute Gasteiger partial charge is 0.476 e. The average molecular weight is 263 g/mol. The molecule has 19 heavy (non-hydrogen) atoms. The Morgan fingerprint density at radius 1 is 1.42 bits per heavy atom. The molecule has 1 aromatic rings. The molecule has 1 saturated carbocycles. The molecule has 1 N–H and O–H groups in total. The molecule has 0 unspecified atom stereocenters. The smallest absolute Gasteiger partial charge is 0.356 e. The van der Waals surface area contributed by atoms with E-state index < -0.39 is 5.97 Å². The van der Waals surface area contributed by atoms with Gasteiger partial charge in [-0.2, -0.15) is 0 Å². The zero-order chi connectivity index (χ0) is 13.2. The Morgan fingerprint density at radius 3 is 2.79 bits per heavy atom. The van der Waals surface area contributed by atoms with E-state index in [-0.39, 0.29) is 5.69 Å². The molecule has 1 aliphatic heterocycles. The Hall–Kier alpha value is -1.85. The van der Waals surface area contributed by atoms with Gasteiger partial charge in [0.1, 0.15) is 0 Å². The molecule has 1 aliphatic carbocycles. The standard InChI is InChI=1S/C13H17N3O3/c17-13(18)10-7-14-11(16-5-1-2-6-16)12(15-10)19-8-9-3-4-9/h7,9H,1-6,8H2,(H,17,18). The van der Waals surface area contributed by atoms with Gasteiger partial charge in [-0.25, -0.2) is 14.8 Å². The highest BCUT2D eigenvalue weighted by Crippen LogP contribution is 2.32. The zero-order valence-electron chi connectivity index (χ0n) is 10.7. The highest BCUT2D eigenvalue weighted by Gasteiger charge is 2.25. The molecule has 0 radical (unpaired) electrons. The van der Waals surface area contributed by atoms with E-state index in [4.69, 9.17) is 9.84 Å². The van der Waals surface area contributed by atoms with Gasteiger partial charge in [-0.15, -0.1) is 0 Å². The predicted molar refractivity (Wildman–Crippen MR) is 68.7 cm³/mol. The molecule has 2 aliphatic rings. The van der Waals surface area contributed by atoms with Crippen LogP contribution in [0.1, 0.15) is 36.2 Å². The maximum atomic E-state index is 11.0. The molecule has 102 valence electrons. The van der Waals surface area contributed by atoms with Gasteiger partial charge in [0.2, 0.25) is 0 Å². The van der Waals surface area contributed by atoms with Gasteiger partial charge in [-0.1, -0.05) is 0 Å². The number of anilines is 1. The number of rotatable bonds is 5. The van der Waals surface area contributed by atoms with Gasteiger partial charge < -0.3 is 14.7 Å². The van der Waals surface area contributed by atoms with Crippen LogP contribution in [0.3, 0.4) is 0 Å². The summed E-state index contributed by atoms with van der Waals surface area (Å²) in [5.41, 5.74) is -0.0613. The monoisotopic (exact) mass is 263 g/mol. The first kappa shape index (κ1) is 12.2. The minimum absolute atomic E-state index is 0.0613. The fourth-order valence-corrected chi connectivity index (χ4v) is 2.19. The van der Waals surface area contributed by atoms with E-state index in [1.807, 2.05) is 0 Å². The molecule has 1 aromatic heterocycles. The molecule has 1 saturated heterocycles. The van der Waals surface area contributed by atoms with Crippen molar-refractivity contribution in [3.8, 4) is 5.88 Å². The number of aromatic nitrogens is 2. The van der Waals surface area contributed by atoms with Crippen LogP contribution in [0.5, 0.6) is 5.88 Å². The molecule has 2 fully saturated rings. The summed E-state index contributed by atoms with van der Waals surface area (Å²) in [6.07, 6.45) is 5.94. The second-order valence-electron chi connectivity index (χ2n) is 5.14. The third-order valence-corrected chi connectivity index (χ3v) is 3.50. The van der Waals surface area contributed by atoms with E-state index in [2.05, 4.69) is 14.9 Å². The molecule has 0 spiro atoms. The highest BCUT2D eigenvalue weighted by atomic mass is 16.5. The normalized spacial score (nSPS) is 18.6. The number of carbonyl (C=O) groups is 1. The average Bonchev–Trinajstić information content (AvgIpc) is 3.08. The van der Waals surface area contributed by atoms with Crippen LogP contribution in [0.15, 0.2) is 6.20 Å². The van der Waals surface area contributed by atoms with Crippen LogP contribution < -0.4 is 9.64 Å². The van der Waals surface area contributed by atoms with Crippen molar-refractivity contribution in [2.75, 3.05) is 24.6 Å². The van der Waals surface area contributed by atoms with Gasteiger partial charge in [0.15, 0.2) is 11.5 Å². The topological polar surface area (TPSA) is 75.5 Å². The van der Waals surface area contributed by atoms with Crippen LogP contribution in [-0.4, -0.2) is 40.7 Å². The molecule has 0 atom stereocenters. The van der Waals surface area contributed by atoms with Gasteiger partial charge in [0.25, 0.3) is 5.88 Å². The fraction of sp³-hybridized carbons (Fsp3) is 0.615. The summed E-state index contributed by atoms with van der Waals surface area (Å²) < 4.78 is 5.69. The Kier molecular flexibility index (Phi) is 3.23. The summed E-state index contributed by atoms with van der Waals surface area (Å²) in [6.45, 7) is 2.47. The van der Waals surface area contributed by atoms with Crippen molar-refractivity contribution in [3.05, 3.63) is 11.9 Å². The number of aromatic carboxylic acids is 1. The summed E-state index contributed by atoms with van der Waals surface area (Å²) in [7, 11) is 0. The van der Waals surface area contributed by atoms with Crippen molar-refractivity contribution < 1.29 is 14.6 Å². The van der Waals surface area contributed by atoms with Crippen molar-refractivity contribution in [1.82, 2.24) is 9.97 Å². The number of hydrogen-bond acceptors (Lipinski definition) is 5. The van der Waals surface area contributed by atoms with Crippen LogP contribution in [0.4, 0.5) is 5.82 Å². The van der Waals surface area contributed by atoms with E-state index in [9.17, 15) is 4.79 Å². The lowest BCUT2D eigenvalue weighted by molar-refractivity contribution is 0.0688. The lowest BCUT2D eigenvalue weighted by atomic mass is 10.4. The summed E-state index contributed by atoms with van der Waals surface area (Å²) in [6, 6.07) is 0. The third kappa shape index (κ3) is 2.77. The van der Waals surface area contributed by atoms with E-state index in [1.165, 1.54) is 19.0 Å². The minimum Gasteiger partial charge on any atom is -0.476 e. The number of carboxylic acids is 1. The molecule has 2 heterocycles. The number of hydrogen-bond donors (Lipinski definition) is 1. The van der Waals surface area contributed by atoms with Gasteiger partial charge in [-0.05, 0) is 31.6 Å². The molecule has 3 rings (SSSR count). The molecule has 6 heteroatoms. The van der Waals surface area contributed by atoms with Gasteiger partial charge in [-0.3, -0.25) is 0 Å². The van der Waals surface area contributed by atoms with E-state index in [0.717, 1.165) is 25.9 Å². The Bertz CT molecular complexity index is 482.